The molecule has 0 bridgehead atoms. The van der Waals surface area contributed by atoms with E-state index in [1.165, 1.54) is 11.3 Å². The maximum atomic E-state index is 3.88. The van der Waals surface area contributed by atoms with Crippen LogP contribution in [0.1, 0.15) is 0 Å². The van der Waals surface area contributed by atoms with Crippen molar-refractivity contribution in [1.82, 2.24) is 9.97 Å². The third-order valence-corrected chi connectivity index (χ3v) is 1.69. The minimum atomic E-state index is 0.954. The summed E-state index contributed by atoms with van der Waals surface area (Å²) in [6.45, 7) is 0. The van der Waals surface area contributed by atoms with Gasteiger partial charge in [-0.2, -0.15) is 0 Å². The summed E-state index contributed by atoms with van der Waals surface area (Å²) in [6.07, 6.45) is 2.63. The standard InChI is InChI=1S/C5H2N2S/c1-2-8-5-4(1)6-3-7-5/h1H,(H,6,7). The molecule has 0 aromatic carbocycles. The Kier molecular flexibility index (Phi) is 0.676. The number of aromatic amines is 1. The molecular weight excluding hydrogens is 120 g/mol. The van der Waals surface area contributed by atoms with E-state index < -0.39 is 0 Å². The zero-order chi connectivity index (χ0) is 5.40. The van der Waals surface area contributed by atoms with Crippen LogP contribution >= 0.6 is 11.3 Å². The molecule has 0 saturated carbocycles. The number of aromatic nitrogens is 2. The fraction of sp³-hybridized carbons (Fsp3) is 0. The SMILES string of the molecule is [c]1nc2c[c]sc2[nH]1. The van der Waals surface area contributed by atoms with E-state index in [-0.39, 0.29) is 0 Å². The van der Waals surface area contributed by atoms with E-state index in [1.807, 2.05) is 6.07 Å². The Labute approximate surface area is 50.2 Å². The molecule has 0 aliphatic carbocycles. The van der Waals surface area contributed by atoms with Gasteiger partial charge < -0.3 is 4.98 Å². The second-order valence-corrected chi connectivity index (χ2v) is 2.28. The molecular formula is C5H2N2S. The second kappa shape index (κ2) is 1.32. The fourth-order valence-electron chi connectivity index (χ4n) is 0.574. The number of fused-ring (bicyclic) bond motifs is 1. The Bertz CT molecular complexity index is 232. The minimum absolute atomic E-state index is 0.954. The Hall–Kier alpha value is -0.830. The van der Waals surface area contributed by atoms with Gasteiger partial charge in [-0.15, -0.1) is 11.3 Å². The van der Waals surface area contributed by atoms with E-state index in [1.54, 1.807) is 0 Å². The maximum absolute atomic E-state index is 3.88. The van der Waals surface area contributed by atoms with Crippen LogP contribution in [0.25, 0.3) is 10.3 Å². The number of hydrogen-bond donors (Lipinski definition) is 1. The van der Waals surface area contributed by atoms with Gasteiger partial charge in [0.15, 0.2) is 6.33 Å². The summed E-state index contributed by atoms with van der Waals surface area (Å²) in [7, 11) is 0. The van der Waals surface area contributed by atoms with Crippen molar-refractivity contribution >= 4 is 21.7 Å². The minimum Gasteiger partial charge on any atom is -0.327 e. The van der Waals surface area contributed by atoms with Crippen LogP contribution in [0.4, 0.5) is 0 Å². The molecule has 2 rings (SSSR count). The molecule has 0 saturated heterocycles. The van der Waals surface area contributed by atoms with Gasteiger partial charge in [-0.25, -0.2) is 4.98 Å². The van der Waals surface area contributed by atoms with Crippen LogP contribution in [0.15, 0.2) is 6.07 Å². The molecule has 8 heavy (non-hydrogen) atoms. The summed E-state index contributed by atoms with van der Waals surface area (Å²) in [5.74, 6) is 0. The number of H-pyrrole nitrogens is 1. The van der Waals surface area contributed by atoms with Crippen LogP contribution in [-0.2, 0) is 0 Å². The lowest BCUT2D eigenvalue weighted by Crippen LogP contribution is -1.51. The van der Waals surface area contributed by atoms with Crippen LogP contribution < -0.4 is 0 Å². The molecule has 2 nitrogen and oxygen atoms in total. The molecule has 0 fully saturated rings. The third-order valence-electron chi connectivity index (χ3n) is 0.935. The van der Waals surface area contributed by atoms with Gasteiger partial charge in [-0.3, -0.25) is 0 Å². The summed E-state index contributed by atoms with van der Waals surface area (Å²) in [4.78, 5) is 7.77. The van der Waals surface area contributed by atoms with Crippen molar-refractivity contribution in [3.8, 4) is 0 Å². The topological polar surface area (TPSA) is 28.7 Å². The number of thiophene rings is 1. The normalized spacial score (nSPS) is 10.5. The molecule has 0 unspecified atom stereocenters. The van der Waals surface area contributed by atoms with Crippen molar-refractivity contribution < 1.29 is 0 Å². The van der Waals surface area contributed by atoms with Gasteiger partial charge in [-0.05, 0) is 6.07 Å². The molecule has 2 aromatic rings. The number of rotatable bonds is 0. The van der Waals surface area contributed by atoms with Crippen molar-refractivity contribution in [2.24, 2.45) is 0 Å². The first-order valence-corrected chi connectivity index (χ1v) is 3.00. The molecule has 0 amide bonds. The third kappa shape index (κ3) is 0.391. The number of imidazole rings is 1. The van der Waals surface area contributed by atoms with Crippen LogP contribution in [0.3, 0.4) is 0 Å². The summed E-state index contributed by atoms with van der Waals surface area (Å²) in [5, 5.41) is 2.95. The van der Waals surface area contributed by atoms with E-state index in [2.05, 4.69) is 21.7 Å². The van der Waals surface area contributed by atoms with E-state index >= 15 is 0 Å². The van der Waals surface area contributed by atoms with Gasteiger partial charge in [0.1, 0.15) is 10.3 Å². The molecule has 2 aromatic heterocycles. The largest absolute Gasteiger partial charge is 0.327 e. The van der Waals surface area contributed by atoms with E-state index in [0.717, 1.165) is 10.3 Å². The van der Waals surface area contributed by atoms with Gasteiger partial charge in [-0.1, -0.05) is 0 Å². The highest BCUT2D eigenvalue weighted by Crippen LogP contribution is 2.13. The van der Waals surface area contributed by atoms with Gasteiger partial charge >= 0.3 is 0 Å². The Morgan fingerprint density at radius 3 is 3.62 bits per heavy atom. The van der Waals surface area contributed by atoms with Gasteiger partial charge in [0, 0.05) is 5.38 Å². The van der Waals surface area contributed by atoms with E-state index in [9.17, 15) is 0 Å². The van der Waals surface area contributed by atoms with Crippen LogP contribution in [0.2, 0.25) is 0 Å². The zero-order valence-electron chi connectivity index (χ0n) is 3.93. The van der Waals surface area contributed by atoms with E-state index in [0.29, 0.717) is 0 Å². The quantitative estimate of drug-likeness (QED) is 0.559. The van der Waals surface area contributed by atoms with Crippen LogP contribution in [-0.4, -0.2) is 9.97 Å². The fourth-order valence-corrected chi connectivity index (χ4v) is 1.17. The predicted octanol–water partition coefficient (Wildman–Crippen LogP) is 1.22. The van der Waals surface area contributed by atoms with Gasteiger partial charge in [0.05, 0.1) is 0 Å². The number of nitrogens with zero attached hydrogens (tertiary/aromatic N) is 1. The lowest BCUT2D eigenvalue weighted by atomic mass is 10.6. The average Bonchev–Trinajstić information content (AvgIpc) is 2.15. The second-order valence-electron chi connectivity index (χ2n) is 1.43. The van der Waals surface area contributed by atoms with Crippen LogP contribution in [0.5, 0.6) is 0 Å². The first-order valence-electron chi connectivity index (χ1n) is 2.18. The van der Waals surface area contributed by atoms with Crippen molar-refractivity contribution in [1.29, 1.82) is 0 Å². The molecule has 0 aliphatic rings. The highest BCUT2D eigenvalue weighted by atomic mass is 32.1. The lowest BCUT2D eigenvalue weighted by Gasteiger charge is -1.63. The predicted molar refractivity (Wildman–Crippen MR) is 31.6 cm³/mol. The van der Waals surface area contributed by atoms with Crippen molar-refractivity contribution in [3.05, 3.63) is 17.8 Å². The molecule has 0 spiro atoms. The Morgan fingerprint density at radius 1 is 1.75 bits per heavy atom. The Morgan fingerprint density at radius 2 is 2.75 bits per heavy atom. The van der Waals surface area contributed by atoms with Crippen molar-refractivity contribution in [2.75, 3.05) is 0 Å². The highest BCUT2D eigenvalue weighted by molar-refractivity contribution is 7.16. The van der Waals surface area contributed by atoms with Gasteiger partial charge in [0.25, 0.3) is 0 Å². The highest BCUT2D eigenvalue weighted by Gasteiger charge is 1.92. The molecule has 0 aliphatic heterocycles. The summed E-state index contributed by atoms with van der Waals surface area (Å²) >= 11 is 1.52. The van der Waals surface area contributed by atoms with Gasteiger partial charge in [0.2, 0.25) is 0 Å². The molecule has 2 radical (unpaired) electrons. The average molecular weight is 122 g/mol. The molecule has 38 valence electrons. The first-order chi connectivity index (χ1) is 3.97. The maximum Gasteiger partial charge on any atom is 0.175 e. The summed E-state index contributed by atoms with van der Waals surface area (Å²) in [6, 6.07) is 1.84. The summed E-state index contributed by atoms with van der Waals surface area (Å²) < 4.78 is 0. The van der Waals surface area contributed by atoms with Crippen molar-refractivity contribution in [2.45, 2.75) is 0 Å². The molecule has 1 N–H and O–H groups in total. The number of hydrogen-bond acceptors (Lipinski definition) is 2. The lowest BCUT2D eigenvalue weighted by molar-refractivity contribution is 1.32. The summed E-state index contributed by atoms with van der Waals surface area (Å²) in [5.41, 5.74) is 0.954. The van der Waals surface area contributed by atoms with E-state index in [4.69, 9.17) is 0 Å². The number of nitrogens with one attached hydrogen (secondary N) is 1. The van der Waals surface area contributed by atoms with Crippen LogP contribution in [0, 0.1) is 11.7 Å². The molecule has 0 atom stereocenters. The molecule has 3 heteroatoms. The monoisotopic (exact) mass is 122 g/mol. The van der Waals surface area contributed by atoms with Crippen molar-refractivity contribution in [3.63, 3.8) is 0 Å². The Balaban J connectivity index is 3.06. The smallest absolute Gasteiger partial charge is 0.175 e. The first kappa shape index (κ1) is 4.09. The molecule has 2 heterocycles. The zero-order valence-corrected chi connectivity index (χ0v) is 4.75.